The second-order valence-electron chi connectivity index (χ2n) is 5.60. The molecule has 0 spiro atoms. The average Bonchev–Trinajstić information content (AvgIpc) is 2.77. The second-order valence-corrected chi connectivity index (χ2v) is 5.60. The molecule has 1 heterocycles. The molecular weight excluding hydrogens is 264 g/mol. The Balaban J connectivity index is 2.10. The van der Waals surface area contributed by atoms with E-state index in [1.807, 2.05) is 12.1 Å². The molecule has 0 unspecified atom stereocenters. The molecule has 0 bridgehead atoms. The van der Waals surface area contributed by atoms with Crippen molar-refractivity contribution >= 4 is 11.6 Å². The maximum absolute atomic E-state index is 12.2. The molecule has 1 aromatic heterocycles. The van der Waals surface area contributed by atoms with Gasteiger partial charge in [0.1, 0.15) is 0 Å². The van der Waals surface area contributed by atoms with E-state index in [-0.39, 0.29) is 18.0 Å². The summed E-state index contributed by atoms with van der Waals surface area (Å²) in [7, 11) is 1.76. The summed E-state index contributed by atoms with van der Waals surface area (Å²) in [6.07, 6.45) is 1.54. The van der Waals surface area contributed by atoms with Gasteiger partial charge in [-0.2, -0.15) is 5.10 Å². The largest absolute Gasteiger partial charge is 0.294 e. The highest BCUT2D eigenvalue weighted by Crippen LogP contribution is 2.16. The number of nitrogens with zero attached hydrogens (tertiary/aromatic N) is 2. The first-order valence-corrected chi connectivity index (χ1v) is 7.05. The van der Waals surface area contributed by atoms with Crippen LogP contribution in [0, 0.1) is 6.92 Å². The fraction of sp³-hybridized carbons (Fsp3) is 0.353. The van der Waals surface area contributed by atoms with Crippen molar-refractivity contribution in [3.05, 3.63) is 52.8 Å². The van der Waals surface area contributed by atoms with Crippen molar-refractivity contribution in [3.8, 4) is 0 Å². The number of aryl methyl sites for hydroxylation is 2. The first-order valence-electron chi connectivity index (χ1n) is 7.05. The number of rotatable bonds is 5. The Labute approximate surface area is 124 Å². The number of aromatic nitrogens is 2. The number of carbonyl (C=O) groups excluding carboxylic acids is 2. The number of carbonyl (C=O) groups is 2. The molecule has 0 aliphatic heterocycles. The molecule has 0 saturated heterocycles. The average molecular weight is 284 g/mol. The van der Waals surface area contributed by atoms with Crippen LogP contribution >= 0.6 is 0 Å². The van der Waals surface area contributed by atoms with Gasteiger partial charge in [0, 0.05) is 18.8 Å². The van der Waals surface area contributed by atoms with Crippen LogP contribution in [0.4, 0.5) is 0 Å². The van der Waals surface area contributed by atoms with E-state index >= 15 is 0 Å². The summed E-state index contributed by atoms with van der Waals surface area (Å²) in [6.45, 7) is 5.98. The molecule has 0 radical (unpaired) electrons. The molecule has 4 nitrogen and oxygen atoms in total. The number of hydrogen-bond acceptors (Lipinski definition) is 3. The van der Waals surface area contributed by atoms with Gasteiger partial charge in [0.05, 0.1) is 17.7 Å². The normalized spacial score (nSPS) is 10.9. The van der Waals surface area contributed by atoms with Crippen LogP contribution < -0.4 is 0 Å². The van der Waals surface area contributed by atoms with Crippen LogP contribution in [0.1, 0.15) is 58.2 Å². The van der Waals surface area contributed by atoms with E-state index in [9.17, 15) is 9.59 Å². The van der Waals surface area contributed by atoms with Gasteiger partial charge in [-0.25, -0.2) is 0 Å². The Hall–Kier alpha value is -2.23. The molecule has 0 atom stereocenters. The zero-order valence-electron chi connectivity index (χ0n) is 12.9. The summed E-state index contributed by atoms with van der Waals surface area (Å²) >= 11 is 0. The maximum Gasteiger partial charge on any atom is 0.174 e. The minimum Gasteiger partial charge on any atom is -0.294 e. The highest BCUT2D eigenvalue weighted by Gasteiger charge is 2.17. The van der Waals surface area contributed by atoms with Crippen molar-refractivity contribution in [1.82, 2.24) is 9.78 Å². The number of benzene rings is 1. The van der Waals surface area contributed by atoms with E-state index in [0.29, 0.717) is 22.7 Å². The molecule has 110 valence electrons. The smallest absolute Gasteiger partial charge is 0.174 e. The highest BCUT2D eigenvalue weighted by atomic mass is 16.1. The van der Waals surface area contributed by atoms with Crippen LogP contribution in [0.3, 0.4) is 0 Å². The van der Waals surface area contributed by atoms with Crippen molar-refractivity contribution < 1.29 is 9.59 Å². The molecule has 2 aromatic rings. The molecule has 4 heteroatoms. The highest BCUT2D eigenvalue weighted by molar-refractivity contribution is 6.13. The van der Waals surface area contributed by atoms with Gasteiger partial charge in [-0.1, -0.05) is 38.1 Å². The molecule has 0 N–H and O–H groups in total. The van der Waals surface area contributed by atoms with Gasteiger partial charge in [0.15, 0.2) is 11.6 Å². The molecule has 0 amide bonds. The lowest BCUT2D eigenvalue weighted by Gasteiger charge is -2.06. The van der Waals surface area contributed by atoms with Gasteiger partial charge in [0.25, 0.3) is 0 Å². The topological polar surface area (TPSA) is 52.0 Å². The second kappa shape index (κ2) is 6.04. The summed E-state index contributed by atoms with van der Waals surface area (Å²) in [5.74, 6) is 0.0888. The lowest BCUT2D eigenvalue weighted by molar-refractivity contribution is 0.0894. The zero-order chi connectivity index (χ0) is 15.6. The summed E-state index contributed by atoms with van der Waals surface area (Å²) in [5, 5.41) is 4.13. The van der Waals surface area contributed by atoms with Crippen LogP contribution in [0.5, 0.6) is 0 Å². The number of Topliss-reactive ketones (excluding diaryl/α,β-unsaturated/α-hetero) is 2. The van der Waals surface area contributed by atoms with Gasteiger partial charge in [0.2, 0.25) is 0 Å². The molecule has 0 fully saturated rings. The molecule has 21 heavy (non-hydrogen) atoms. The quantitative estimate of drug-likeness (QED) is 0.625. The third-order valence-corrected chi connectivity index (χ3v) is 3.53. The molecule has 2 rings (SSSR count). The Morgan fingerprint density at radius 3 is 2.24 bits per heavy atom. The van der Waals surface area contributed by atoms with Gasteiger partial charge >= 0.3 is 0 Å². The van der Waals surface area contributed by atoms with Crippen LogP contribution in [0.15, 0.2) is 30.5 Å². The molecule has 0 saturated carbocycles. The molecular formula is C17H20N2O2. The molecule has 1 aromatic carbocycles. The van der Waals surface area contributed by atoms with Crippen molar-refractivity contribution in [1.29, 1.82) is 0 Å². The van der Waals surface area contributed by atoms with Gasteiger partial charge in [-0.3, -0.25) is 14.3 Å². The Morgan fingerprint density at radius 1 is 1.14 bits per heavy atom. The SMILES string of the molecule is Cc1nn(C)cc1C(=O)CC(=O)c1ccc(C(C)C)cc1. The fourth-order valence-corrected chi connectivity index (χ4v) is 2.27. The standard InChI is InChI=1S/C17H20N2O2/c1-11(2)13-5-7-14(8-6-13)16(20)9-17(21)15-10-19(4)18-12(15)3/h5-8,10-11H,9H2,1-4H3. The predicted molar refractivity (Wildman–Crippen MR) is 81.8 cm³/mol. The van der Waals surface area contributed by atoms with Crippen molar-refractivity contribution in [2.45, 2.75) is 33.1 Å². The molecule has 0 aliphatic rings. The van der Waals surface area contributed by atoms with Crippen molar-refractivity contribution in [2.24, 2.45) is 7.05 Å². The fourth-order valence-electron chi connectivity index (χ4n) is 2.27. The lowest BCUT2D eigenvalue weighted by atomic mass is 9.98. The third kappa shape index (κ3) is 3.45. The Morgan fingerprint density at radius 2 is 1.76 bits per heavy atom. The zero-order valence-corrected chi connectivity index (χ0v) is 12.9. The first kappa shape index (κ1) is 15.2. The number of ketones is 2. The van der Waals surface area contributed by atoms with E-state index < -0.39 is 0 Å². The van der Waals surface area contributed by atoms with Crippen molar-refractivity contribution in [3.63, 3.8) is 0 Å². The van der Waals surface area contributed by atoms with Crippen molar-refractivity contribution in [2.75, 3.05) is 0 Å². The van der Waals surface area contributed by atoms with Crippen LogP contribution in [0.25, 0.3) is 0 Å². The van der Waals surface area contributed by atoms with E-state index in [4.69, 9.17) is 0 Å². The monoisotopic (exact) mass is 284 g/mol. The number of hydrogen-bond donors (Lipinski definition) is 0. The minimum atomic E-state index is -0.182. The molecule has 0 aliphatic carbocycles. The maximum atomic E-state index is 12.2. The van der Waals surface area contributed by atoms with Gasteiger partial charge in [-0.05, 0) is 18.4 Å². The van der Waals surface area contributed by atoms with Crippen LogP contribution in [-0.2, 0) is 7.05 Å². The van der Waals surface area contributed by atoms with E-state index in [2.05, 4.69) is 18.9 Å². The third-order valence-electron chi connectivity index (χ3n) is 3.53. The van der Waals surface area contributed by atoms with E-state index in [1.54, 1.807) is 37.0 Å². The summed E-state index contributed by atoms with van der Waals surface area (Å²) in [6, 6.07) is 7.47. The Bertz CT molecular complexity index is 667. The minimum absolute atomic E-state index is 0.118. The van der Waals surface area contributed by atoms with Crippen LogP contribution in [-0.4, -0.2) is 21.3 Å². The van der Waals surface area contributed by atoms with Gasteiger partial charge < -0.3 is 0 Å². The Kier molecular flexibility index (Phi) is 4.36. The predicted octanol–water partition coefficient (Wildman–Crippen LogP) is 3.31. The first-order chi connectivity index (χ1) is 9.88. The van der Waals surface area contributed by atoms with Crippen LogP contribution in [0.2, 0.25) is 0 Å². The summed E-state index contributed by atoms with van der Waals surface area (Å²) in [4.78, 5) is 24.3. The van der Waals surface area contributed by atoms with E-state index in [0.717, 1.165) is 0 Å². The summed E-state index contributed by atoms with van der Waals surface area (Å²) in [5.41, 5.74) is 2.94. The summed E-state index contributed by atoms with van der Waals surface area (Å²) < 4.78 is 1.59. The van der Waals surface area contributed by atoms with Gasteiger partial charge in [-0.15, -0.1) is 0 Å². The lowest BCUT2D eigenvalue weighted by Crippen LogP contribution is -2.09. The van der Waals surface area contributed by atoms with E-state index in [1.165, 1.54) is 5.56 Å².